The zero-order chi connectivity index (χ0) is 10.5. The Morgan fingerprint density at radius 1 is 1.08 bits per heavy atom. The zero-order valence-corrected chi connectivity index (χ0v) is 8.57. The molecule has 0 rings (SSSR count). The van der Waals surface area contributed by atoms with Gasteiger partial charge in [0, 0.05) is 6.61 Å². The lowest BCUT2D eigenvalue weighted by atomic mass is 10.3. The molecule has 0 aromatic rings. The minimum atomic E-state index is -0.125. The largest absolute Gasteiger partial charge is 0.394 e. The summed E-state index contributed by atoms with van der Waals surface area (Å²) in [4.78, 5) is 0. The smallest absolute Gasteiger partial charge is 0.0803 e. The summed E-state index contributed by atoms with van der Waals surface area (Å²) in [5, 5.41) is 23.9. The predicted octanol–water partition coefficient (Wildman–Crippen LogP) is 0.155. The quantitative estimate of drug-likeness (QED) is 0.563. The maximum Gasteiger partial charge on any atom is 0.0803 e. The van der Waals surface area contributed by atoms with Crippen LogP contribution < -0.4 is 0 Å². The van der Waals surface area contributed by atoms with E-state index >= 15 is 0 Å². The van der Waals surface area contributed by atoms with Gasteiger partial charge in [-0.25, -0.2) is 0 Å². The van der Waals surface area contributed by atoms with Gasteiger partial charge in [-0.3, -0.25) is 0 Å². The molecule has 1 atom stereocenters. The van der Waals surface area contributed by atoms with Crippen molar-refractivity contribution in [3.63, 3.8) is 0 Å². The number of ether oxygens (including phenoxy) is 1. The molecule has 0 spiro atoms. The Kier molecular flexibility index (Phi) is 16.9. The van der Waals surface area contributed by atoms with Gasteiger partial charge >= 0.3 is 0 Å². The minimum absolute atomic E-state index is 0.0601. The van der Waals surface area contributed by atoms with Crippen molar-refractivity contribution < 1.29 is 20.1 Å². The molecule has 0 aromatic heterocycles. The van der Waals surface area contributed by atoms with E-state index in [2.05, 4.69) is 6.92 Å². The van der Waals surface area contributed by atoms with E-state index in [4.69, 9.17) is 20.1 Å². The van der Waals surface area contributed by atoms with Gasteiger partial charge in [-0.2, -0.15) is 0 Å². The monoisotopic (exact) mass is 194 g/mol. The number of aliphatic hydroxyl groups excluding tert-OH is 3. The van der Waals surface area contributed by atoms with Crippen LogP contribution in [0.3, 0.4) is 0 Å². The van der Waals surface area contributed by atoms with E-state index in [0.29, 0.717) is 0 Å². The van der Waals surface area contributed by atoms with Crippen LogP contribution in [0.5, 0.6) is 0 Å². The Morgan fingerprint density at radius 2 is 1.62 bits per heavy atom. The molecule has 0 bridgehead atoms. The molecule has 0 aliphatic heterocycles. The van der Waals surface area contributed by atoms with Gasteiger partial charge in [0.05, 0.1) is 25.9 Å². The van der Waals surface area contributed by atoms with E-state index in [1.165, 1.54) is 0 Å². The SMILES string of the molecule is CCCOC(CC)CO.OCCO. The number of rotatable bonds is 6. The third-order valence-corrected chi connectivity index (χ3v) is 1.32. The highest BCUT2D eigenvalue weighted by molar-refractivity contribution is 4.50. The van der Waals surface area contributed by atoms with Crippen LogP contribution in [0, 0.1) is 0 Å². The van der Waals surface area contributed by atoms with Crippen LogP contribution in [0.4, 0.5) is 0 Å². The van der Waals surface area contributed by atoms with E-state index < -0.39 is 0 Å². The second-order valence-corrected chi connectivity index (χ2v) is 2.53. The van der Waals surface area contributed by atoms with Gasteiger partial charge in [-0.05, 0) is 12.8 Å². The average molecular weight is 194 g/mol. The van der Waals surface area contributed by atoms with E-state index in [1.807, 2.05) is 6.92 Å². The number of hydrogen-bond donors (Lipinski definition) is 3. The van der Waals surface area contributed by atoms with Crippen LogP contribution in [0.15, 0.2) is 0 Å². The van der Waals surface area contributed by atoms with Crippen LogP contribution in [-0.2, 0) is 4.74 Å². The molecule has 13 heavy (non-hydrogen) atoms. The molecule has 0 aliphatic rings. The number of hydrogen-bond acceptors (Lipinski definition) is 4. The van der Waals surface area contributed by atoms with Gasteiger partial charge in [0.1, 0.15) is 0 Å². The first kappa shape index (κ1) is 15.3. The number of aliphatic hydroxyl groups is 3. The lowest BCUT2D eigenvalue weighted by Crippen LogP contribution is -2.16. The maximum absolute atomic E-state index is 8.63. The van der Waals surface area contributed by atoms with Crippen molar-refractivity contribution in [1.29, 1.82) is 0 Å². The van der Waals surface area contributed by atoms with E-state index in [9.17, 15) is 0 Å². The van der Waals surface area contributed by atoms with Crippen LogP contribution in [-0.4, -0.2) is 47.9 Å². The van der Waals surface area contributed by atoms with Gasteiger partial charge in [0.25, 0.3) is 0 Å². The fraction of sp³-hybridized carbons (Fsp3) is 1.00. The molecular weight excluding hydrogens is 172 g/mol. The van der Waals surface area contributed by atoms with Gasteiger partial charge in [-0.15, -0.1) is 0 Å². The zero-order valence-electron chi connectivity index (χ0n) is 8.57. The highest BCUT2D eigenvalue weighted by Gasteiger charge is 2.01. The lowest BCUT2D eigenvalue weighted by molar-refractivity contribution is 0.0115. The predicted molar refractivity (Wildman–Crippen MR) is 51.6 cm³/mol. The van der Waals surface area contributed by atoms with Crippen molar-refractivity contribution in [1.82, 2.24) is 0 Å². The van der Waals surface area contributed by atoms with Crippen LogP contribution in [0.25, 0.3) is 0 Å². The lowest BCUT2D eigenvalue weighted by Gasteiger charge is -2.11. The molecule has 4 heteroatoms. The molecule has 0 aromatic carbocycles. The summed E-state index contributed by atoms with van der Waals surface area (Å²) in [6, 6.07) is 0. The van der Waals surface area contributed by atoms with Crippen molar-refractivity contribution >= 4 is 0 Å². The summed E-state index contributed by atoms with van der Waals surface area (Å²) in [5.74, 6) is 0. The summed E-state index contributed by atoms with van der Waals surface area (Å²) >= 11 is 0. The third-order valence-electron chi connectivity index (χ3n) is 1.32. The molecule has 0 aliphatic carbocycles. The van der Waals surface area contributed by atoms with Gasteiger partial charge in [0.2, 0.25) is 0 Å². The standard InChI is InChI=1S/C7H16O2.C2H6O2/c1-3-5-9-7(4-2)6-8;3-1-2-4/h7-8H,3-6H2,1-2H3;3-4H,1-2H2. The molecule has 0 radical (unpaired) electrons. The fourth-order valence-corrected chi connectivity index (χ4v) is 0.584. The second kappa shape index (κ2) is 14.4. The van der Waals surface area contributed by atoms with Crippen molar-refractivity contribution in [2.24, 2.45) is 0 Å². The molecule has 0 heterocycles. The van der Waals surface area contributed by atoms with Crippen molar-refractivity contribution in [2.45, 2.75) is 32.8 Å². The van der Waals surface area contributed by atoms with Gasteiger partial charge in [-0.1, -0.05) is 13.8 Å². The normalized spacial score (nSPS) is 11.8. The van der Waals surface area contributed by atoms with E-state index in [-0.39, 0.29) is 25.9 Å². The third kappa shape index (κ3) is 14.7. The van der Waals surface area contributed by atoms with Gasteiger partial charge < -0.3 is 20.1 Å². The molecule has 0 amide bonds. The molecule has 82 valence electrons. The minimum Gasteiger partial charge on any atom is -0.394 e. The fourth-order valence-electron chi connectivity index (χ4n) is 0.584. The molecule has 1 unspecified atom stereocenters. The molecule has 3 N–H and O–H groups in total. The highest BCUT2D eigenvalue weighted by Crippen LogP contribution is 1.96. The summed E-state index contributed by atoms with van der Waals surface area (Å²) in [7, 11) is 0. The van der Waals surface area contributed by atoms with Crippen LogP contribution in [0.1, 0.15) is 26.7 Å². The average Bonchev–Trinajstić information content (AvgIpc) is 2.20. The first-order chi connectivity index (χ1) is 6.26. The molecule has 0 fully saturated rings. The molecular formula is C9H22O4. The van der Waals surface area contributed by atoms with Crippen molar-refractivity contribution in [3.05, 3.63) is 0 Å². The summed E-state index contributed by atoms with van der Waals surface area (Å²) in [6.45, 7) is 4.73. The van der Waals surface area contributed by atoms with Gasteiger partial charge in [0.15, 0.2) is 0 Å². The van der Waals surface area contributed by atoms with E-state index in [1.54, 1.807) is 0 Å². The summed E-state index contributed by atoms with van der Waals surface area (Å²) < 4.78 is 5.24. The van der Waals surface area contributed by atoms with Crippen LogP contribution >= 0.6 is 0 Å². The molecule has 0 saturated heterocycles. The maximum atomic E-state index is 8.63. The highest BCUT2D eigenvalue weighted by atomic mass is 16.5. The topological polar surface area (TPSA) is 69.9 Å². The first-order valence-corrected chi connectivity index (χ1v) is 4.70. The summed E-state index contributed by atoms with van der Waals surface area (Å²) in [6.07, 6.45) is 1.98. The Labute approximate surface area is 80.2 Å². The Balaban J connectivity index is 0. The summed E-state index contributed by atoms with van der Waals surface area (Å²) in [5.41, 5.74) is 0. The van der Waals surface area contributed by atoms with Crippen molar-refractivity contribution in [3.8, 4) is 0 Å². The Morgan fingerprint density at radius 3 is 1.85 bits per heavy atom. The Hall–Kier alpha value is -0.160. The van der Waals surface area contributed by atoms with Crippen LogP contribution in [0.2, 0.25) is 0 Å². The van der Waals surface area contributed by atoms with E-state index in [0.717, 1.165) is 19.4 Å². The van der Waals surface area contributed by atoms with Crippen molar-refractivity contribution in [2.75, 3.05) is 26.4 Å². The second-order valence-electron chi connectivity index (χ2n) is 2.53. The molecule has 0 saturated carbocycles. The first-order valence-electron chi connectivity index (χ1n) is 4.70. The molecule has 4 nitrogen and oxygen atoms in total. The Bertz CT molecular complexity index is 72.0.